The molecule has 1 aliphatic carbocycles. The first-order chi connectivity index (χ1) is 8.89. The Bertz CT molecular complexity index is 250. The number of nitrogens with zero attached hydrogens (tertiary/aromatic N) is 1. The van der Waals surface area contributed by atoms with Crippen LogP contribution in [0.4, 0.5) is 0 Å². The van der Waals surface area contributed by atoms with E-state index < -0.39 is 5.60 Å². The first-order valence-electron chi connectivity index (χ1n) is 8.01. The Morgan fingerprint density at radius 3 is 2.42 bits per heavy atom. The highest BCUT2D eigenvalue weighted by Crippen LogP contribution is 2.32. The maximum absolute atomic E-state index is 10.0. The number of nitrogens with one attached hydrogen (secondary N) is 1. The molecule has 3 nitrogen and oxygen atoms in total. The van der Waals surface area contributed by atoms with Crippen LogP contribution in [0.3, 0.4) is 0 Å². The summed E-state index contributed by atoms with van der Waals surface area (Å²) in [6.45, 7) is 11.2. The smallest absolute Gasteiger partial charge is 0.0718 e. The van der Waals surface area contributed by atoms with Gasteiger partial charge in [-0.25, -0.2) is 0 Å². The Kier molecular flexibility index (Phi) is 6.78. The molecule has 3 atom stereocenters. The van der Waals surface area contributed by atoms with Gasteiger partial charge >= 0.3 is 0 Å². The largest absolute Gasteiger partial charge is 0.389 e. The van der Waals surface area contributed by atoms with Gasteiger partial charge in [-0.15, -0.1) is 0 Å². The Morgan fingerprint density at radius 1 is 1.26 bits per heavy atom. The van der Waals surface area contributed by atoms with Gasteiger partial charge in [-0.2, -0.15) is 0 Å². The minimum Gasteiger partial charge on any atom is -0.389 e. The van der Waals surface area contributed by atoms with Crippen molar-refractivity contribution in [1.82, 2.24) is 10.2 Å². The van der Waals surface area contributed by atoms with Gasteiger partial charge in [0.1, 0.15) is 0 Å². The van der Waals surface area contributed by atoms with Crippen molar-refractivity contribution in [3.05, 3.63) is 0 Å². The number of hydrogen-bond donors (Lipinski definition) is 2. The van der Waals surface area contributed by atoms with Gasteiger partial charge in [0.15, 0.2) is 0 Å². The fraction of sp³-hybridized carbons (Fsp3) is 1.00. The predicted molar refractivity (Wildman–Crippen MR) is 82.4 cm³/mol. The van der Waals surface area contributed by atoms with Crippen molar-refractivity contribution >= 4 is 0 Å². The average molecular weight is 270 g/mol. The van der Waals surface area contributed by atoms with Gasteiger partial charge in [0, 0.05) is 19.1 Å². The van der Waals surface area contributed by atoms with Crippen molar-refractivity contribution in [3.8, 4) is 0 Å². The predicted octanol–water partition coefficient (Wildman–Crippen LogP) is 2.49. The van der Waals surface area contributed by atoms with Gasteiger partial charge in [0.2, 0.25) is 0 Å². The Balaban J connectivity index is 2.58. The molecule has 3 unspecified atom stereocenters. The highest BCUT2D eigenvalue weighted by Gasteiger charge is 2.30. The Hall–Kier alpha value is -0.120. The van der Waals surface area contributed by atoms with Crippen LogP contribution in [-0.4, -0.2) is 48.3 Å². The summed E-state index contributed by atoms with van der Waals surface area (Å²) >= 11 is 0. The average Bonchev–Trinajstić information content (AvgIpc) is 2.36. The van der Waals surface area contributed by atoms with E-state index in [1.54, 1.807) is 0 Å². The molecule has 1 saturated carbocycles. The van der Waals surface area contributed by atoms with Crippen LogP contribution < -0.4 is 5.32 Å². The van der Waals surface area contributed by atoms with Gasteiger partial charge in [0.05, 0.1) is 5.60 Å². The van der Waals surface area contributed by atoms with Gasteiger partial charge in [-0.3, -0.25) is 0 Å². The molecule has 0 aliphatic heterocycles. The van der Waals surface area contributed by atoms with Crippen LogP contribution >= 0.6 is 0 Å². The van der Waals surface area contributed by atoms with E-state index >= 15 is 0 Å². The fourth-order valence-electron chi connectivity index (χ4n) is 3.50. The lowest BCUT2D eigenvalue weighted by atomic mass is 9.76. The summed E-state index contributed by atoms with van der Waals surface area (Å²) < 4.78 is 0. The molecule has 19 heavy (non-hydrogen) atoms. The third-order valence-corrected chi connectivity index (χ3v) is 4.59. The minimum absolute atomic E-state index is 0.593. The van der Waals surface area contributed by atoms with Crippen molar-refractivity contribution in [2.24, 2.45) is 11.8 Å². The van der Waals surface area contributed by atoms with Crippen molar-refractivity contribution in [2.45, 2.75) is 65.0 Å². The molecule has 0 amide bonds. The van der Waals surface area contributed by atoms with Crippen LogP contribution in [0.25, 0.3) is 0 Å². The topological polar surface area (TPSA) is 35.5 Å². The van der Waals surface area contributed by atoms with Crippen LogP contribution in [0.5, 0.6) is 0 Å². The lowest BCUT2D eigenvalue weighted by molar-refractivity contribution is 0.0260. The van der Waals surface area contributed by atoms with Crippen LogP contribution in [-0.2, 0) is 0 Å². The van der Waals surface area contributed by atoms with Crippen molar-refractivity contribution in [3.63, 3.8) is 0 Å². The second-order valence-electron chi connectivity index (χ2n) is 6.88. The van der Waals surface area contributed by atoms with E-state index in [0.717, 1.165) is 31.5 Å². The summed E-state index contributed by atoms with van der Waals surface area (Å²) in [5, 5.41) is 13.5. The monoisotopic (exact) mass is 270 g/mol. The quantitative estimate of drug-likeness (QED) is 0.746. The van der Waals surface area contributed by atoms with E-state index in [1.807, 2.05) is 13.8 Å². The second-order valence-corrected chi connectivity index (χ2v) is 6.88. The third kappa shape index (κ3) is 5.80. The normalized spacial score (nSPS) is 28.9. The summed E-state index contributed by atoms with van der Waals surface area (Å²) in [6, 6.07) is 0.652. The van der Waals surface area contributed by atoms with Gasteiger partial charge in [0.25, 0.3) is 0 Å². The van der Waals surface area contributed by atoms with Gasteiger partial charge < -0.3 is 15.3 Å². The van der Waals surface area contributed by atoms with E-state index in [-0.39, 0.29) is 0 Å². The van der Waals surface area contributed by atoms with Crippen LogP contribution in [0, 0.1) is 11.8 Å². The molecule has 0 radical (unpaired) electrons. The SMILES string of the molecule is CCC1CCC(NC)C(CN(CC)CC(C)(C)O)C1. The first kappa shape index (κ1) is 16.9. The van der Waals surface area contributed by atoms with Gasteiger partial charge in [-0.1, -0.05) is 20.3 Å². The van der Waals surface area contributed by atoms with Gasteiger partial charge in [-0.05, 0) is 58.5 Å². The molecule has 1 aliphatic rings. The fourth-order valence-corrected chi connectivity index (χ4v) is 3.50. The minimum atomic E-state index is -0.593. The molecule has 0 spiro atoms. The zero-order valence-corrected chi connectivity index (χ0v) is 13.6. The van der Waals surface area contributed by atoms with E-state index in [2.05, 4.69) is 31.1 Å². The summed E-state index contributed by atoms with van der Waals surface area (Å²) in [6.07, 6.45) is 5.32. The lowest BCUT2D eigenvalue weighted by Crippen LogP contribution is -2.47. The van der Waals surface area contributed by atoms with E-state index in [1.165, 1.54) is 25.7 Å². The van der Waals surface area contributed by atoms with Crippen molar-refractivity contribution < 1.29 is 5.11 Å². The molecule has 1 fully saturated rings. The molecule has 0 aromatic rings. The molecule has 0 heterocycles. The lowest BCUT2D eigenvalue weighted by Gasteiger charge is -2.39. The molecule has 0 aromatic carbocycles. The molecule has 3 heteroatoms. The molecule has 114 valence electrons. The number of hydrogen-bond acceptors (Lipinski definition) is 3. The second kappa shape index (κ2) is 7.61. The number of likely N-dealkylation sites (N-methyl/N-ethyl adjacent to an activating group) is 1. The zero-order chi connectivity index (χ0) is 14.5. The van der Waals surface area contributed by atoms with E-state index in [4.69, 9.17) is 0 Å². The molecule has 0 bridgehead atoms. The third-order valence-electron chi connectivity index (χ3n) is 4.59. The van der Waals surface area contributed by atoms with Crippen molar-refractivity contribution in [1.29, 1.82) is 0 Å². The van der Waals surface area contributed by atoms with Crippen molar-refractivity contribution in [2.75, 3.05) is 26.7 Å². The maximum Gasteiger partial charge on any atom is 0.0718 e. The molecule has 0 aromatic heterocycles. The summed E-state index contributed by atoms with van der Waals surface area (Å²) in [5.74, 6) is 1.63. The number of rotatable bonds is 7. The summed E-state index contributed by atoms with van der Waals surface area (Å²) in [5.41, 5.74) is -0.593. The number of aliphatic hydroxyl groups is 1. The molecule has 0 saturated heterocycles. The highest BCUT2D eigenvalue weighted by atomic mass is 16.3. The Morgan fingerprint density at radius 2 is 1.95 bits per heavy atom. The maximum atomic E-state index is 10.0. The molecular weight excluding hydrogens is 236 g/mol. The summed E-state index contributed by atoms with van der Waals surface area (Å²) in [7, 11) is 2.09. The molecular formula is C16H34N2O. The first-order valence-corrected chi connectivity index (χ1v) is 8.01. The van der Waals surface area contributed by atoms with E-state index in [9.17, 15) is 5.11 Å². The van der Waals surface area contributed by atoms with E-state index in [0.29, 0.717) is 6.04 Å². The van der Waals surface area contributed by atoms with Crippen LogP contribution in [0.15, 0.2) is 0 Å². The van der Waals surface area contributed by atoms with Crippen LogP contribution in [0.1, 0.15) is 53.4 Å². The Labute approximate surface area is 119 Å². The van der Waals surface area contributed by atoms with Crippen LogP contribution in [0.2, 0.25) is 0 Å². The highest BCUT2D eigenvalue weighted by molar-refractivity contribution is 4.86. The molecule has 2 N–H and O–H groups in total. The summed E-state index contributed by atoms with van der Waals surface area (Å²) in [4.78, 5) is 2.41. The molecule has 1 rings (SSSR count). The standard InChI is InChI=1S/C16H34N2O/c1-6-13-8-9-15(17-5)14(10-13)11-18(7-2)12-16(3,4)19/h13-15,17,19H,6-12H2,1-5H3. The zero-order valence-electron chi connectivity index (χ0n) is 13.6.